The van der Waals surface area contributed by atoms with Gasteiger partial charge in [0.2, 0.25) is 0 Å². The summed E-state index contributed by atoms with van der Waals surface area (Å²) in [7, 11) is 3.28. The molecule has 1 atom stereocenters. The van der Waals surface area contributed by atoms with Crippen molar-refractivity contribution < 1.29 is 14.3 Å². The number of hydrogen-bond donors (Lipinski definition) is 0. The molecule has 1 aliphatic rings. The second-order valence-electron chi connectivity index (χ2n) is 4.82. The van der Waals surface area contributed by atoms with Crippen LogP contribution in [-0.2, 0) is 9.53 Å². The molecule has 1 heterocycles. The minimum Gasteiger partial charge on any atom is -0.458 e. The predicted molar refractivity (Wildman–Crippen MR) is 55.4 cm³/mol. The van der Waals surface area contributed by atoms with E-state index in [1.807, 2.05) is 20.8 Å². The van der Waals surface area contributed by atoms with Crippen molar-refractivity contribution in [3.63, 3.8) is 0 Å². The molecule has 1 rings (SSSR count). The zero-order chi connectivity index (χ0) is 11.8. The zero-order valence-electron chi connectivity index (χ0n) is 9.90. The van der Waals surface area contributed by atoms with Gasteiger partial charge < -0.3 is 14.5 Å². The molecule has 1 saturated heterocycles. The number of carbonyl (C=O) groups is 2. The monoisotopic (exact) mass is 214 g/mol. The maximum atomic E-state index is 11.7. The van der Waals surface area contributed by atoms with E-state index in [1.165, 1.54) is 9.80 Å². The molecule has 86 valence electrons. The Hall–Kier alpha value is -1.26. The predicted octanol–water partition coefficient (Wildman–Crippen LogP) is 0.694. The molecule has 0 aromatic carbocycles. The lowest BCUT2D eigenvalue weighted by Gasteiger charge is -2.24. The van der Waals surface area contributed by atoms with E-state index in [2.05, 4.69) is 0 Å². The van der Waals surface area contributed by atoms with Crippen LogP contribution in [0.4, 0.5) is 4.79 Å². The fourth-order valence-electron chi connectivity index (χ4n) is 1.47. The van der Waals surface area contributed by atoms with Crippen LogP contribution in [0, 0.1) is 0 Å². The minimum atomic E-state index is -0.512. The van der Waals surface area contributed by atoms with Crippen LogP contribution >= 0.6 is 0 Å². The van der Waals surface area contributed by atoms with Gasteiger partial charge in [0.15, 0.2) is 0 Å². The first-order chi connectivity index (χ1) is 6.72. The third-order valence-electron chi connectivity index (χ3n) is 2.22. The number of nitrogens with zero attached hydrogens (tertiary/aromatic N) is 2. The van der Waals surface area contributed by atoms with Gasteiger partial charge in [-0.1, -0.05) is 0 Å². The highest BCUT2D eigenvalue weighted by Gasteiger charge is 2.39. The van der Waals surface area contributed by atoms with Crippen molar-refractivity contribution in [2.24, 2.45) is 0 Å². The van der Waals surface area contributed by atoms with Crippen molar-refractivity contribution in [1.82, 2.24) is 9.80 Å². The van der Waals surface area contributed by atoms with Gasteiger partial charge in [0.1, 0.15) is 11.6 Å². The second-order valence-corrected chi connectivity index (χ2v) is 4.82. The van der Waals surface area contributed by atoms with Gasteiger partial charge in [0.05, 0.1) is 6.54 Å². The topological polar surface area (TPSA) is 49.9 Å². The Morgan fingerprint density at radius 2 is 1.93 bits per heavy atom. The number of carbonyl (C=O) groups excluding carboxylic acids is 2. The summed E-state index contributed by atoms with van der Waals surface area (Å²) in [6.07, 6.45) is 0. The lowest BCUT2D eigenvalue weighted by atomic mass is 10.2. The Balaban J connectivity index is 2.66. The summed E-state index contributed by atoms with van der Waals surface area (Å²) in [6.45, 7) is 5.83. The molecule has 1 aliphatic heterocycles. The molecular weight excluding hydrogens is 196 g/mol. The zero-order valence-corrected chi connectivity index (χ0v) is 9.90. The van der Waals surface area contributed by atoms with Crippen LogP contribution in [-0.4, -0.2) is 54.1 Å². The van der Waals surface area contributed by atoms with Gasteiger partial charge in [0.25, 0.3) is 0 Å². The fraction of sp³-hybridized carbons (Fsp3) is 0.800. The molecule has 0 aromatic heterocycles. The van der Waals surface area contributed by atoms with Crippen LogP contribution in [0.1, 0.15) is 20.8 Å². The summed E-state index contributed by atoms with van der Waals surface area (Å²) >= 11 is 0. The molecular formula is C10H18N2O3. The summed E-state index contributed by atoms with van der Waals surface area (Å²) in [4.78, 5) is 26.1. The summed E-state index contributed by atoms with van der Waals surface area (Å²) in [5.41, 5.74) is -0.512. The molecule has 0 spiro atoms. The highest BCUT2D eigenvalue weighted by atomic mass is 16.6. The lowest BCUT2D eigenvalue weighted by Crippen LogP contribution is -2.40. The molecule has 0 N–H and O–H groups in total. The van der Waals surface area contributed by atoms with Gasteiger partial charge in [-0.3, -0.25) is 0 Å². The van der Waals surface area contributed by atoms with Gasteiger partial charge in [-0.15, -0.1) is 0 Å². The standard InChI is InChI=1S/C10H18N2O3/c1-10(2,3)15-8(13)7-6-11(4)9(14)12(7)5/h7H,6H2,1-5H3. The summed E-state index contributed by atoms with van der Waals surface area (Å²) in [5.74, 6) is -0.345. The van der Waals surface area contributed by atoms with Crippen LogP contribution in [0.15, 0.2) is 0 Å². The lowest BCUT2D eigenvalue weighted by molar-refractivity contribution is -0.159. The molecule has 0 aliphatic carbocycles. The largest absolute Gasteiger partial charge is 0.458 e. The van der Waals surface area contributed by atoms with Crippen LogP contribution in [0.3, 0.4) is 0 Å². The van der Waals surface area contributed by atoms with Crippen LogP contribution in [0.25, 0.3) is 0 Å². The number of amides is 2. The number of rotatable bonds is 1. The fourth-order valence-corrected chi connectivity index (χ4v) is 1.47. The highest BCUT2D eigenvalue weighted by Crippen LogP contribution is 2.16. The maximum absolute atomic E-state index is 11.7. The van der Waals surface area contributed by atoms with Gasteiger partial charge >= 0.3 is 12.0 Å². The Morgan fingerprint density at radius 1 is 1.40 bits per heavy atom. The maximum Gasteiger partial charge on any atom is 0.331 e. The van der Waals surface area contributed by atoms with E-state index in [0.717, 1.165) is 0 Å². The SMILES string of the molecule is CN1CC(C(=O)OC(C)(C)C)N(C)C1=O. The van der Waals surface area contributed by atoms with Gasteiger partial charge in [0, 0.05) is 14.1 Å². The van der Waals surface area contributed by atoms with Crippen LogP contribution < -0.4 is 0 Å². The smallest absolute Gasteiger partial charge is 0.331 e. The summed E-state index contributed by atoms with van der Waals surface area (Å²) in [5, 5.41) is 0. The summed E-state index contributed by atoms with van der Waals surface area (Å²) < 4.78 is 5.23. The van der Waals surface area contributed by atoms with Gasteiger partial charge in [-0.25, -0.2) is 9.59 Å². The van der Waals surface area contributed by atoms with E-state index >= 15 is 0 Å². The first-order valence-electron chi connectivity index (χ1n) is 4.93. The average Bonchev–Trinajstić information content (AvgIpc) is 2.30. The Kier molecular flexibility index (Phi) is 2.93. The van der Waals surface area contributed by atoms with Gasteiger partial charge in [-0.2, -0.15) is 0 Å². The third kappa shape index (κ3) is 2.61. The van der Waals surface area contributed by atoms with Crippen molar-refractivity contribution >= 4 is 12.0 Å². The van der Waals surface area contributed by atoms with Crippen LogP contribution in [0.2, 0.25) is 0 Å². The van der Waals surface area contributed by atoms with Gasteiger partial charge in [-0.05, 0) is 20.8 Å². The van der Waals surface area contributed by atoms with Crippen molar-refractivity contribution in [2.75, 3.05) is 20.6 Å². The number of likely N-dealkylation sites (N-methyl/N-ethyl adjacent to an activating group) is 2. The first kappa shape index (κ1) is 11.8. The van der Waals surface area contributed by atoms with Crippen molar-refractivity contribution in [3.05, 3.63) is 0 Å². The Morgan fingerprint density at radius 3 is 2.27 bits per heavy atom. The minimum absolute atomic E-state index is 0.147. The van der Waals surface area contributed by atoms with Crippen LogP contribution in [0.5, 0.6) is 0 Å². The molecule has 0 saturated carbocycles. The molecule has 0 aromatic rings. The number of esters is 1. The van der Waals surface area contributed by atoms with E-state index in [-0.39, 0.29) is 12.0 Å². The van der Waals surface area contributed by atoms with E-state index in [4.69, 9.17) is 4.74 Å². The molecule has 5 heteroatoms. The van der Waals surface area contributed by atoms with Crippen molar-refractivity contribution in [3.8, 4) is 0 Å². The second kappa shape index (κ2) is 3.72. The number of hydrogen-bond acceptors (Lipinski definition) is 3. The number of urea groups is 1. The molecule has 5 nitrogen and oxygen atoms in total. The molecule has 15 heavy (non-hydrogen) atoms. The van der Waals surface area contributed by atoms with E-state index in [1.54, 1.807) is 14.1 Å². The highest BCUT2D eigenvalue weighted by molar-refractivity contribution is 5.87. The molecule has 1 unspecified atom stereocenters. The Bertz CT molecular complexity index is 283. The normalized spacial score (nSPS) is 22.2. The van der Waals surface area contributed by atoms with E-state index in [0.29, 0.717) is 6.54 Å². The molecule has 2 amide bonds. The quantitative estimate of drug-likeness (QED) is 0.603. The number of ether oxygens (including phenoxy) is 1. The molecule has 0 bridgehead atoms. The first-order valence-corrected chi connectivity index (χ1v) is 4.93. The van der Waals surface area contributed by atoms with E-state index < -0.39 is 11.6 Å². The van der Waals surface area contributed by atoms with Crippen molar-refractivity contribution in [1.29, 1.82) is 0 Å². The van der Waals surface area contributed by atoms with Crippen molar-refractivity contribution in [2.45, 2.75) is 32.4 Å². The van der Waals surface area contributed by atoms with E-state index in [9.17, 15) is 9.59 Å². The summed E-state index contributed by atoms with van der Waals surface area (Å²) in [6, 6.07) is -0.632. The average molecular weight is 214 g/mol. The third-order valence-corrected chi connectivity index (χ3v) is 2.22. The Labute approximate surface area is 90.0 Å². The molecule has 0 radical (unpaired) electrons. The molecule has 1 fully saturated rings.